The van der Waals surface area contributed by atoms with Crippen LogP contribution in [-0.4, -0.2) is 12.1 Å². The number of carbonyl (C=O) groups is 1. The van der Waals surface area contributed by atoms with E-state index in [4.69, 9.17) is 4.74 Å². The first-order valence-electron chi connectivity index (χ1n) is 27.6. The molecule has 0 aromatic carbocycles. The summed E-state index contributed by atoms with van der Waals surface area (Å²) in [6, 6.07) is 0. The van der Waals surface area contributed by atoms with E-state index < -0.39 is 0 Å². The van der Waals surface area contributed by atoms with Crippen LogP contribution < -0.4 is 0 Å². The predicted octanol–water partition coefficient (Wildman–Crippen LogP) is 18.9. The predicted molar refractivity (Wildman–Crippen MR) is 258 cm³/mol. The van der Waals surface area contributed by atoms with Crippen LogP contribution in [0.1, 0.15) is 292 Å². The van der Waals surface area contributed by atoms with Crippen molar-refractivity contribution >= 4 is 5.97 Å². The van der Waals surface area contributed by atoms with Crippen molar-refractivity contribution in [2.75, 3.05) is 0 Å². The third-order valence-electron chi connectivity index (χ3n) is 17.5. The second-order valence-corrected chi connectivity index (χ2v) is 22.6. The maximum absolute atomic E-state index is 12.9. The fourth-order valence-electron chi connectivity index (χ4n) is 13.8. The fourth-order valence-corrected chi connectivity index (χ4v) is 13.8. The highest BCUT2D eigenvalue weighted by molar-refractivity contribution is 5.69. The van der Waals surface area contributed by atoms with E-state index in [1.807, 2.05) is 0 Å². The zero-order valence-electron chi connectivity index (χ0n) is 41.0. The van der Waals surface area contributed by atoms with Gasteiger partial charge < -0.3 is 4.74 Å². The van der Waals surface area contributed by atoms with E-state index in [0.29, 0.717) is 17.3 Å². The van der Waals surface area contributed by atoms with Gasteiger partial charge in [-0.15, -0.1) is 0 Å². The summed E-state index contributed by atoms with van der Waals surface area (Å²) in [5, 5.41) is 0. The molecule has 4 unspecified atom stereocenters. The molecule has 0 bridgehead atoms. The third kappa shape index (κ3) is 17.4. The molecule has 0 aromatic rings. The summed E-state index contributed by atoms with van der Waals surface area (Å²) < 4.78 is 6.17. The largest absolute Gasteiger partial charge is 0.462 e. The normalized spacial score (nSPS) is 28.3. The molecule has 0 heterocycles. The highest BCUT2D eigenvalue weighted by Gasteiger charge is 2.59. The fraction of sp³-hybridized carbons (Fsp3) is 0.947. The van der Waals surface area contributed by atoms with Gasteiger partial charge in [-0.25, -0.2) is 0 Å². The number of rotatable bonds is 34. The minimum absolute atomic E-state index is 0.0698. The van der Waals surface area contributed by atoms with Gasteiger partial charge in [-0.2, -0.15) is 0 Å². The summed E-state index contributed by atoms with van der Waals surface area (Å²) >= 11 is 0. The summed E-state index contributed by atoms with van der Waals surface area (Å²) in [4.78, 5) is 12.9. The van der Waals surface area contributed by atoms with Gasteiger partial charge in [0.25, 0.3) is 0 Å². The van der Waals surface area contributed by atoms with E-state index in [0.717, 1.165) is 54.8 Å². The number of unbranched alkanes of at least 4 members (excludes halogenated alkanes) is 26. The van der Waals surface area contributed by atoms with Crippen LogP contribution in [0.5, 0.6) is 0 Å². The first kappa shape index (κ1) is 50.9. The molecule has 59 heavy (non-hydrogen) atoms. The molecule has 344 valence electrons. The molecule has 0 saturated heterocycles. The third-order valence-corrected chi connectivity index (χ3v) is 17.5. The van der Waals surface area contributed by atoms with Crippen LogP contribution in [0, 0.1) is 46.3 Å². The van der Waals surface area contributed by atoms with E-state index in [9.17, 15) is 4.79 Å². The zero-order valence-corrected chi connectivity index (χ0v) is 41.0. The molecule has 3 fully saturated rings. The van der Waals surface area contributed by atoms with Gasteiger partial charge in [-0.05, 0) is 97.7 Å². The van der Waals surface area contributed by atoms with Crippen molar-refractivity contribution in [3.8, 4) is 0 Å². The number of esters is 1. The first-order valence-corrected chi connectivity index (χ1v) is 27.6. The van der Waals surface area contributed by atoms with Gasteiger partial charge in [0, 0.05) is 12.8 Å². The number of ether oxygens (including phenoxy) is 1. The van der Waals surface area contributed by atoms with Gasteiger partial charge in [-0.3, -0.25) is 4.79 Å². The Bertz CT molecular complexity index is 1120. The standard InChI is InChI=1S/C57H104O2/c1-7-8-9-10-11-12-13-14-15-16-17-18-19-20-21-22-23-24-25-26-27-28-29-30-31-32-33-37-55(58)59-50-42-44-56(5)49(46-50)38-39-51-53-41-40-52(48(4)36-34-35-47(2)3)57(53,6)45-43-54(51)56/h38,47-48,50-54H,7-37,39-46H2,1-6H3/t48-,50?,51?,52-,53?,54?,56+,57-/m1/s1. The van der Waals surface area contributed by atoms with Gasteiger partial charge in [0.15, 0.2) is 0 Å². The summed E-state index contributed by atoms with van der Waals surface area (Å²) in [6.07, 6.45) is 56.2. The van der Waals surface area contributed by atoms with Crippen molar-refractivity contribution in [3.05, 3.63) is 11.6 Å². The Morgan fingerprint density at radius 2 is 1.08 bits per heavy atom. The number of hydrogen-bond donors (Lipinski definition) is 0. The Hall–Kier alpha value is -0.790. The van der Waals surface area contributed by atoms with E-state index in [-0.39, 0.29) is 12.1 Å². The first-order chi connectivity index (χ1) is 28.7. The highest BCUT2D eigenvalue weighted by Crippen LogP contribution is 2.67. The lowest BCUT2D eigenvalue weighted by Crippen LogP contribution is -2.51. The molecule has 0 N–H and O–H groups in total. The molecule has 8 atom stereocenters. The Morgan fingerprint density at radius 3 is 1.58 bits per heavy atom. The minimum Gasteiger partial charge on any atom is -0.462 e. The molecule has 2 nitrogen and oxygen atoms in total. The summed E-state index contributed by atoms with van der Waals surface area (Å²) in [5.74, 6) is 5.34. The van der Waals surface area contributed by atoms with E-state index >= 15 is 0 Å². The van der Waals surface area contributed by atoms with Crippen LogP contribution >= 0.6 is 0 Å². The average molecular weight is 821 g/mol. The molecule has 0 aliphatic heterocycles. The Balaban J connectivity index is 0.932. The quantitative estimate of drug-likeness (QED) is 0.0367. The van der Waals surface area contributed by atoms with Crippen molar-refractivity contribution in [2.45, 2.75) is 298 Å². The van der Waals surface area contributed by atoms with Crippen LogP contribution in [0.3, 0.4) is 0 Å². The Labute approximate surface area is 370 Å². The second-order valence-electron chi connectivity index (χ2n) is 22.6. The van der Waals surface area contributed by atoms with E-state index in [2.05, 4.69) is 47.6 Å². The number of hydrogen-bond acceptors (Lipinski definition) is 2. The lowest BCUT2D eigenvalue weighted by molar-refractivity contribution is -0.151. The molecular formula is C57H104O2. The van der Waals surface area contributed by atoms with Gasteiger partial charge in [0.2, 0.25) is 0 Å². The number of fused-ring (bicyclic) bond motifs is 5. The van der Waals surface area contributed by atoms with Gasteiger partial charge in [0.1, 0.15) is 6.10 Å². The minimum atomic E-state index is 0.0698. The Morgan fingerprint density at radius 1 is 0.593 bits per heavy atom. The molecule has 4 aliphatic carbocycles. The molecule has 4 aliphatic rings. The van der Waals surface area contributed by atoms with E-state index in [1.165, 1.54) is 225 Å². The highest BCUT2D eigenvalue weighted by atomic mass is 16.5. The monoisotopic (exact) mass is 821 g/mol. The summed E-state index contributed by atoms with van der Waals surface area (Å²) in [7, 11) is 0. The number of carbonyl (C=O) groups excluding carboxylic acids is 1. The molecule has 4 rings (SSSR count). The molecule has 2 heteroatoms. The molecule has 0 spiro atoms. The van der Waals surface area contributed by atoms with Crippen molar-refractivity contribution < 1.29 is 9.53 Å². The van der Waals surface area contributed by atoms with Crippen LogP contribution in [0.15, 0.2) is 11.6 Å². The zero-order chi connectivity index (χ0) is 42.2. The maximum Gasteiger partial charge on any atom is 0.306 e. The van der Waals surface area contributed by atoms with Crippen molar-refractivity contribution in [3.63, 3.8) is 0 Å². The van der Waals surface area contributed by atoms with E-state index in [1.54, 1.807) is 5.57 Å². The van der Waals surface area contributed by atoms with Crippen molar-refractivity contribution in [1.29, 1.82) is 0 Å². The van der Waals surface area contributed by atoms with Crippen molar-refractivity contribution in [1.82, 2.24) is 0 Å². The molecule has 0 radical (unpaired) electrons. The van der Waals surface area contributed by atoms with Crippen molar-refractivity contribution in [2.24, 2.45) is 46.3 Å². The second kappa shape index (κ2) is 28.8. The summed E-state index contributed by atoms with van der Waals surface area (Å²) in [6.45, 7) is 15.0. The number of allylic oxidation sites excluding steroid dienone is 1. The van der Waals surface area contributed by atoms with Crippen LogP contribution in [0.25, 0.3) is 0 Å². The maximum atomic E-state index is 12.9. The van der Waals surface area contributed by atoms with Crippen LogP contribution in [0.2, 0.25) is 0 Å². The topological polar surface area (TPSA) is 26.3 Å². The summed E-state index contributed by atoms with van der Waals surface area (Å²) in [5.41, 5.74) is 2.54. The Kier molecular flexibility index (Phi) is 24.8. The smallest absolute Gasteiger partial charge is 0.306 e. The van der Waals surface area contributed by atoms with Gasteiger partial charge in [-0.1, -0.05) is 239 Å². The van der Waals surface area contributed by atoms with Crippen LogP contribution in [0.4, 0.5) is 0 Å². The molecule has 3 saturated carbocycles. The van der Waals surface area contributed by atoms with Gasteiger partial charge in [0.05, 0.1) is 0 Å². The molecule has 0 amide bonds. The molecule has 0 aromatic heterocycles. The SMILES string of the molecule is CCCCCCCCCCCCCCCCCCCCCCCCCCCCCC(=O)OC1CC[C@@]2(C)C(=CCC3C2CC[C@@]2(C)C3CC[C@@H]2[C@H](C)CCCC(C)C)C1. The average Bonchev–Trinajstić information content (AvgIpc) is 3.58. The van der Waals surface area contributed by atoms with Crippen LogP contribution in [-0.2, 0) is 9.53 Å². The van der Waals surface area contributed by atoms with Gasteiger partial charge >= 0.3 is 5.97 Å². The lowest BCUT2D eigenvalue weighted by atomic mass is 9.47. The lowest BCUT2D eigenvalue weighted by Gasteiger charge is -2.58. The molecular weight excluding hydrogens is 717 g/mol.